The Labute approximate surface area is 200 Å². The Bertz CT molecular complexity index is 397. The molecule has 0 aliphatic carbocycles. The highest BCUT2D eigenvalue weighted by atomic mass is 79.9. The lowest BCUT2D eigenvalue weighted by Crippen LogP contribution is -2.39. The fraction of sp³-hybridized carbons (Fsp3) is 1.00. The predicted octanol–water partition coefficient (Wildman–Crippen LogP) is 6.83. The van der Waals surface area contributed by atoms with Gasteiger partial charge in [-0.15, -0.1) is 23.2 Å². The quantitative estimate of drug-likeness (QED) is 0.138. The maximum absolute atomic E-state index is 11.3. The van der Waals surface area contributed by atoms with E-state index in [1.807, 2.05) is 0 Å². The first-order valence-electron chi connectivity index (χ1n) is 8.36. The second-order valence-electron chi connectivity index (χ2n) is 6.32. The Morgan fingerprint density at radius 2 is 1.31 bits per heavy atom. The molecule has 0 rings (SSSR count). The molecule has 0 heterocycles. The lowest BCUT2D eigenvalue weighted by Gasteiger charge is -2.42. The number of hydrogen-bond donors (Lipinski definition) is 2. The average molecular weight is 693 g/mol. The highest BCUT2D eigenvalue weighted by molar-refractivity contribution is 9.09. The standard InChI is InChI=1S/C15H27Br4Cl2O4P/c16-5-1-13(20)9-12(10-14(21)2-6-17)15(3-7-18,4-8-19)11-25-26(22,23)24/h12-14H,1-11H2,(H2,22,23,24). The molecule has 0 aromatic carbocycles. The van der Waals surface area contributed by atoms with Crippen molar-refractivity contribution in [1.29, 1.82) is 0 Å². The van der Waals surface area contributed by atoms with Crippen LogP contribution in [0.15, 0.2) is 0 Å². The molecule has 0 bridgehead atoms. The van der Waals surface area contributed by atoms with Crippen LogP contribution in [0, 0.1) is 11.3 Å². The van der Waals surface area contributed by atoms with Gasteiger partial charge in [-0.1, -0.05) is 63.7 Å². The van der Waals surface area contributed by atoms with Crippen molar-refractivity contribution in [3.05, 3.63) is 0 Å². The molecule has 26 heavy (non-hydrogen) atoms. The van der Waals surface area contributed by atoms with Gasteiger partial charge in [0, 0.05) is 32.1 Å². The summed E-state index contributed by atoms with van der Waals surface area (Å²) in [5, 5.41) is 2.96. The van der Waals surface area contributed by atoms with E-state index in [1.165, 1.54) is 0 Å². The van der Waals surface area contributed by atoms with E-state index >= 15 is 0 Å². The molecule has 0 aromatic rings. The van der Waals surface area contributed by atoms with Crippen LogP contribution in [0.1, 0.15) is 38.5 Å². The van der Waals surface area contributed by atoms with Gasteiger partial charge in [0.25, 0.3) is 0 Å². The van der Waals surface area contributed by atoms with Crippen LogP contribution >= 0.6 is 94.7 Å². The molecule has 0 saturated carbocycles. The number of hydrogen-bond acceptors (Lipinski definition) is 2. The molecular weight excluding hydrogens is 666 g/mol. The first-order chi connectivity index (χ1) is 12.1. The molecule has 4 nitrogen and oxygen atoms in total. The molecule has 0 saturated heterocycles. The van der Waals surface area contributed by atoms with Crippen LogP contribution in [0.2, 0.25) is 0 Å². The van der Waals surface area contributed by atoms with Gasteiger partial charge in [0.05, 0.1) is 6.61 Å². The Morgan fingerprint density at radius 3 is 1.62 bits per heavy atom. The van der Waals surface area contributed by atoms with Gasteiger partial charge in [-0.3, -0.25) is 4.52 Å². The molecule has 0 aromatic heterocycles. The minimum absolute atomic E-state index is 0.0189. The summed E-state index contributed by atoms with van der Waals surface area (Å²) < 4.78 is 16.3. The normalized spacial score (nSPS) is 16.5. The first-order valence-corrected chi connectivity index (χ1v) is 15.2. The van der Waals surface area contributed by atoms with Crippen molar-refractivity contribution in [2.24, 2.45) is 11.3 Å². The summed E-state index contributed by atoms with van der Waals surface area (Å²) >= 11 is 26.9. The summed E-state index contributed by atoms with van der Waals surface area (Å²) in [6.07, 6.45) is 4.54. The van der Waals surface area contributed by atoms with Gasteiger partial charge in [-0.05, 0) is 49.9 Å². The fourth-order valence-electron chi connectivity index (χ4n) is 3.07. The number of phosphoric ester groups is 1. The third-order valence-electron chi connectivity index (χ3n) is 4.50. The lowest BCUT2D eigenvalue weighted by molar-refractivity contribution is 0.0398. The monoisotopic (exact) mass is 688 g/mol. The van der Waals surface area contributed by atoms with E-state index in [0.717, 1.165) is 49.2 Å². The Balaban J connectivity index is 5.63. The molecular formula is C15H27Br4Cl2O4P. The second-order valence-corrected chi connectivity index (χ2v) is 12.0. The molecule has 0 radical (unpaired) electrons. The third-order valence-corrected chi connectivity index (χ3v) is 7.46. The van der Waals surface area contributed by atoms with E-state index in [-0.39, 0.29) is 23.3 Å². The second kappa shape index (κ2) is 15.4. The molecule has 2 N–H and O–H groups in total. The maximum atomic E-state index is 11.3. The van der Waals surface area contributed by atoms with Crippen molar-refractivity contribution >= 4 is 94.7 Å². The summed E-state index contributed by atoms with van der Waals surface area (Å²) in [7, 11) is -4.55. The van der Waals surface area contributed by atoms with Crippen molar-refractivity contribution in [2.75, 3.05) is 27.9 Å². The largest absolute Gasteiger partial charge is 0.469 e. The van der Waals surface area contributed by atoms with E-state index in [1.54, 1.807) is 0 Å². The first kappa shape index (κ1) is 28.6. The molecule has 0 aliphatic rings. The highest BCUT2D eigenvalue weighted by Crippen LogP contribution is 2.48. The number of phosphoric acid groups is 1. The summed E-state index contributed by atoms with van der Waals surface area (Å²) in [4.78, 5) is 18.5. The SMILES string of the molecule is O=P(O)(O)OCC(CCBr)(CCBr)C(CC(Cl)CCBr)CC(Cl)CCBr. The number of alkyl halides is 6. The molecule has 158 valence electrons. The van der Waals surface area contributed by atoms with E-state index in [2.05, 4.69) is 63.7 Å². The number of halogens is 6. The van der Waals surface area contributed by atoms with Crippen molar-refractivity contribution < 1.29 is 18.9 Å². The molecule has 0 amide bonds. The van der Waals surface area contributed by atoms with Crippen molar-refractivity contribution in [2.45, 2.75) is 49.3 Å². The smallest absolute Gasteiger partial charge is 0.303 e. The van der Waals surface area contributed by atoms with Crippen LogP contribution in [0.5, 0.6) is 0 Å². The van der Waals surface area contributed by atoms with Crippen molar-refractivity contribution in [3.63, 3.8) is 0 Å². The zero-order chi connectivity index (χ0) is 20.2. The van der Waals surface area contributed by atoms with Crippen LogP contribution in [0.3, 0.4) is 0 Å². The lowest BCUT2D eigenvalue weighted by atomic mass is 9.68. The molecule has 0 aliphatic heterocycles. The van der Waals surface area contributed by atoms with Gasteiger partial charge in [0.1, 0.15) is 0 Å². The van der Waals surface area contributed by atoms with Crippen molar-refractivity contribution in [1.82, 2.24) is 0 Å². The zero-order valence-electron chi connectivity index (χ0n) is 14.4. The minimum atomic E-state index is -4.55. The third kappa shape index (κ3) is 12.3. The summed E-state index contributed by atoms with van der Waals surface area (Å²) in [6.45, 7) is -0.0189. The Morgan fingerprint density at radius 1 is 0.885 bits per heavy atom. The topological polar surface area (TPSA) is 66.8 Å². The van der Waals surface area contributed by atoms with Gasteiger partial charge in [-0.2, -0.15) is 0 Å². The summed E-state index contributed by atoms with van der Waals surface area (Å²) in [5.41, 5.74) is -0.424. The maximum Gasteiger partial charge on any atom is 0.469 e. The average Bonchev–Trinajstić information content (AvgIpc) is 2.52. The molecule has 0 fully saturated rings. The van der Waals surface area contributed by atoms with Gasteiger partial charge < -0.3 is 9.79 Å². The summed E-state index contributed by atoms with van der Waals surface area (Å²) in [5.74, 6) is 0.0900. The van der Waals surface area contributed by atoms with Gasteiger partial charge in [0.2, 0.25) is 0 Å². The Kier molecular flexibility index (Phi) is 17.0. The van der Waals surface area contributed by atoms with E-state index in [0.29, 0.717) is 10.7 Å². The van der Waals surface area contributed by atoms with Crippen LogP contribution in [0.25, 0.3) is 0 Å². The summed E-state index contributed by atoms with van der Waals surface area (Å²) in [6, 6.07) is 0. The van der Waals surface area contributed by atoms with Crippen LogP contribution in [-0.4, -0.2) is 48.5 Å². The zero-order valence-corrected chi connectivity index (χ0v) is 23.2. The van der Waals surface area contributed by atoms with Gasteiger partial charge >= 0.3 is 7.82 Å². The molecule has 11 heteroatoms. The van der Waals surface area contributed by atoms with E-state index in [4.69, 9.17) is 27.7 Å². The van der Waals surface area contributed by atoms with Crippen LogP contribution in [-0.2, 0) is 9.09 Å². The van der Waals surface area contributed by atoms with Crippen molar-refractivity contribution in [3.8, 4) is 0 Å². The minimum Gasteiger partial charge on any atom is -0.303 e. The Hall–Kier alpha value is 2.61. The number of rotatable bonds is 16. The molecule has 0 spiro atoms. The van der Waals surface area contributed by atoms with E-state index < -0.39 is 13.2 Å². The van der Waals surface area contributed by atoms with Gasteiger partial charge in [-0.25, -0.2) is 4.57 Å². The highest BCUT2D eigenvalue weighted by Gasteiger charge is 2.41. The molecule has 2 atom stereocenters. The van der Waals surface area contributed by atoms with E-state index in [9.17, 15) is 14.4 Å². The van der Waals surface area contributed by atoms with Gasteiger partial charge in [0.15, 0.2) is 0 Å². The molecule has 2 unspecified atom stereocenters. The fourth-order valence-corrected chi connectivity index (χ4v) is 7.36. The predicted molar refractivity (Wildman–Crippen MR) is 126 cm³/mol. The van der Waals surface area contributed by atoms with Crippen LogP contribution < -0.4 is 0 Å². The van der Waals surface area contributed by atoms with Crippen LogP contribution in [0.4, 0.5) is 0 Å².